The van der Waals surface area contributed by atoms with Crippen molar-refractivity contribution in [1.29, 1.82) is 0 Å². The molecular weight excluding hydrogens is 820 g/mol. The highest BCUT2D eigenvalue weighted by atomic mass is 79.9. The standard InChI is InChI=1S/C36H46Cl4N5O4S.BrH/c1-43(35(47)26-18-27(37)22-28(38)19-26)23-33(42-49-2)30(24-5-6-31(39)32(40)20-24)9-15-44-13-7-29(8-14-44)45-12-3-4-25(36(45)48)21-34(46)50-16-10-41-11-17-50;/h5-6,18-20,22,25,29-30,41H,3-4,7-17,21,23H2,1-2H3;1H/q+1;/p-1/b42-33+;. The number of likely N-dealkylation sites (tertiary alicyclic amines) is 2. The van der Waals surface area contributed by atoms with Crippen molar-refractivity contribution in [3.8, 4) is 0 Å². The van der Waals surface area contributed by atoms with Crippen molar-refractivity contribution >= 4 is 79.9 Å². The fraction of sp³-hybridized carbons (Fsp3) is 0.556. The van der Waals surface area contributed by atoms with Gasteiger partial charge in [-0.2, -0.15) is 0 Å². The van der Waals surface area contributed by atoms with E-state index < -0.39 is 0 Å². The minimum absolute atomic E-state index is 0. The van der Waals surface area contributed by atoms with E-state index in [2.05, 4.69) is 20.3 Å². The second kappa shape index (κ2) is 20.2. The lowest BCUT2D eigenvalue weighted by Gasteiger charge is -2.42. The summed E-state index contributed by atoms with van der Waals surface area (Å²) >= 11 is 25.1. The van der Waals surface area contributed by atoms with Gasteiger partial charge in [0.25, 0.3) is 5.91 Å². The molecule has 51 heavy (non-hydrogen) atoms. The number of rotatable bonds is 12. The van der Waals surface area contributed by atoms with Crippen LogP contribution in [0.5, 0.6) is 0 Å². The first kappa shape index (κ1) is 42.2. The van der Waals surface area contributed by atoms with Gasteiger partial charge < -0.3 is 41.8 Å². The molecule has 2 atom stereocenters. The number of piperidine rings is 2. The van der Waals surface area contributed by atoms with Gasteiger partial charge in [-0.15, -0.1) is 0 Å². The van der Waals surface area contributed by atoms with Crippen molar-refractivity contribution in [2.75, 3.05) is 71.5 Å². The van der Waals surface area contributed by atoms with Gasteiger partial charge in [-0.3, -0.25) is 9.59 Å². The molecule has 3 saturated heterocycles. The summed E-state index contributed by atoms with van der Waals surface area (Å²) in [7, 11) is 2.99. The summed E-state index contributed by atoms with van der Waals surface area (Å²) in [5, 5.41) is 9.68. The lowest BCUT2D eigenvalue weighted by Crippen LogP contribution is -3.00. The molecule has 2 amide bonds. The normalized spacial score (nSPS) is 20.1. The summed E-state index contributed by atoms with van der Waals surface area (Å²) in [6.45, 7) is 5.23. The maximum Gasteiger partial charge on any atom is 0.331 e. The Morgan fingerprint density at radius 1 is 1.00 bits per heavy atom. The summed E-state index contributed by atoms with van der Waals surface area (Å²) in [5.41, 5.74) is 1.96. The Kier molecular flexibility index (Phi) is 16.7. The van der Waals surface area contributed by atoms with Gasteiger partial charge in [0.2, 0.25) is 5.91 Å². The van der Waals surface area contributed by atoms with Crippen LogP contribution in [0.15, 0.2) is 41.6 Å². The van der Waals surface area contributed by atoms with E-state index in [0.717, 1.165) is 82.0 Å². The highest BCUT2D eigenvalue weighted by Gasteiger charge is 2.40. The van der Waals surface area contributed by atoms with E-state index in [9.17, 15) is 14.4 Å². The van der Waals surface area contributed by atoms with Gasteiger partial charge in [-0.05, 0) is 74.5 Å². The van der Waals surface area contributed by atoms with Crippen molar-refractivity contribution in [3.05, 3.63) is 67.6 Å². The largest absolute Gasteiger partial charge is 1.00 e. The number of carbonyl (C=O) groups is 3. The van der Waals surface area contributed by atoms with E-state index in [1.807, 2.05) is 12.1 Å². The Labute approximate surface area is 334 Å². The first-order valence-corrected chi connectivity index (χ1v) is 20.3. The first-order valence-electron chi connectivity index (χ1n) is 17.2. The zero-order chi connectivity index (χ0) is 35.8. The summed E-state index contributed by atoms with van der Waals surface area (Å²) in [5.74, 6) is 1.32. The zero-order valence-electron chi connectivity index (χ0n) is 29.0. The Balaban J connectivity index is 0.00000583. The van der Waals surface area contributed by atoms with E-state index in [-0.39, 0.29) is 64.1 Å². The van der Waals surface area contributed by atoms with Gasteiger partial charge in [0.15, 0.2) is 0 Å². The lowest BCUT2D eigenvalue weighted by atomic mass is 9.89. The monoisotopic (exact) mass is 863 g/mol. The average molecular weight is 867 g/mol. The van der Waals surface area contributed by atoms with Crippen LogP contribution < -0.4 is 22.3 Å². The van der Waals surface area contributed by atoms with Gasteiger partial charge >= 0.3 is 5.12 Å². The third kappa shape index (κ3) is 11.5. The predicted octanol–water partition coefficient (Wildman–Crippen LogP) is 3.39. The average Bonchev–Trinajstić information content (AvgIpc) is 3.10. The van der Waals surface area contributed by atoms with E-state index in [0.29, 0.717) is 49.3 Å². The third-order valence-electron chi connectivity index (χ3n) is 9.91. The Hall–Kier alpha value is -1.57. The predicted molar refractivity (Wildman–Crippen MR) is 205 cm³/mol. The van der Waals surface area contributed by atoms with Crippen LogP contribution in [-0.2, 0) is 25.3 Å². The van der Waals surface area contributed by atoms with E-state index in [1.54, 1.807) is 36.2 Å². The number of carbonyl (C=O) groups excluding carboxylic acids is 3. The minimum Gasteiger partial charge on any atom is -1.00 e. The van der Waals surface area contributed by atoms with E-state index in [1.165, 1.54) is 7.11 Å². The summed E-state index contributed by atoms with van der Waals surface area (Å²) in [6.07, 6.45) is 4.63. The number of hydrogen-bond acceptors (Lipinski definition) is 7. The van der Waals surface area contributed by atoms with Crippen molar-refractivity contribution in [2.24, 2.45) is 11.1 Å². The molecule has 3 heterocycles. The SMILES string of the molecule is CO/N=C(\CN(C)C(=O)c1cc(Cl)cc(Cl)c1)C(CCN1CCC(N2CCCC(CC(=O)[S+]3CCNCC3)C2=O)CC1)c1ccc(Cl)c(Cl)c1.[Br-]. The topological polar surface area (TPSA) is 94.6 Å². The van der Waals surface area contributed by atoms with Gasteiger partial charge in [-0.1, -0.05) is 57.6 Å². The Morgan fingerprint density at radius 3 is 2.33 bits per heavy atom. The molecule has 0 aromatic heterocycles. The molecule has 2 aromatic carbocycles. The second-order valence-corrected chi connectivity index (χ2v) is 17.2. The summed E-state index contributed by atoms with van der Waals surface area (Å²) in [4.78, 5) is 51.4. The Bertz CT molecular complexity index is 1540. The smallest absolute Gasteiger partial charge is 0.331 e. The number of hydrogen-bond donors (Lipinski definition) is 1. The van der Waals surface area contributed by atoms with Crippen LogP contribution in [0.4, 0.5) is 0 Å². The molecule has 0 spiro atoms. The van der Waals surface area contributed by atoms with Gasteiger partial charge in [-0.25, -0.2) is 4.79 Å². The van der Waals surface area contributed by atoms with Crippen LogP contribution in [0, 0.1) is 5.92 Å². The molecule has 2 unspecified atom stereocenters. The zero-order valence-corrected chi connectivity index (χ0v) is 34.4. The van der Waals surface area contributed by atoms with Crippen LogP contribution in [-0.4, -0.2) is 115 Å². The van der Waals surface area contributed by atoms with Crippen molar-refractivity contribution in [3.63, 3.8) is 0 Å². The quantitative estimate of drug-likeness (QED) is 0.200. The second-order valence-electron chi connectivity index (χ2n) is 13.3. The first-order chi connectivity index (χ1) is 24.0. The molecule has 0 radical (unpaired) electrons. The molecular formula is C36H46BrCl4N5O4S. The number of benzene rings is 2. The number of amides is 2. The Morgan fingerprint density at radius 2 is 1.69 bits per heavy atom. The van der Waals surface area contributed by atoms with Crippen LogP contribution in [0.3, 0.4) is 0 Å². The maximum atomic E-state index is 13.6. The number of halogens is 5. The maximum absolute atomic E-state index is 13.6. The number of nitrogens with zero attached hydrogens (tertiary/aromatic N) is 4. The molecule has 3 aliphatic rings. The summed E-state index contributed by atoms with van der Waals surface area (Å²) < 4.78 is 0. The van der Waals surface area contributed by atoms with Gasteiger partial charge in [0.1, 0.15) is 18.6 Å². The van der Waals surface area contributed by atoms with Crippen LogP contribution in [0.25, 0.3) is 0 Å². The third-order valence-corrected chi connectivity index (χ3v) is 13.3. The van der Waals surface area contributed by atoms with Crippen LogP contribution in [0.2, 0.25) is 20.1 Å². The molecule has 3 fully saturated rings. The van der Waals surface area contributed by atoms with E-state index >= 15 is 0 Å². The molecule has 3 aliphatic heterocycles. The van der Waals surface area contributed by atoms with E-state index in [4.69, 9.17) is 51.2 Å². The number of oxime groups is 1. The van der Waals surface area contributed by atoms with Crippen LogP contribution in [0.1, 0.15) is 60.4 Å². The fourth-order valence-electron chi connectivity index (χ4n) is 7.25. The van der Waals surface area contributed by atoms with Crippen LogP contribution >= 0.6 is 46.4 Å². The minimum atomic E-state index is -0.251. The lowest BCUT2D eigenvalue weighted by molar-refractivity contribution is -0.143. The van der Waals surface area contributed by atoms with Gasteiger partial charge in [0, 0.05) is 73.3 Å². The molecule has 0 bridgehead atoms. The van der Waals surface area contributed by atoms with Gasteiger partial charge in [0.05, 0.1) is 39.6 Å². The molecule has 0 saturated carbocycles. The molecule has 2 aromatic rings. The molecule has 5 rings (SSSR count). The van der Waals surface area contributed by atoms with Crippen molar-refractivity contribution in [1.82, 2.24) is 20.0 Å². The highest BCUT2D eigenvalue weighted by Crippen LogP contribution is 2.32. The van der Waals surface area contributed by atoms with Crippen molar-refractivity contribution in [2.45, 2.75) is 50.5 Å². The highest BCUT2D eigenvalue weighted by molar-refractivity contribution is 8.10. The molecule has 9 nitrogen and oxygen atoms in total. The fourth-order valence-corrected chi connectivity index (χ4v) is 9.96. The molecule has 15 heteroatoms. The molecule has 1 N–H and O–H groups in total. The molecule has 280 valence electrons. The molecule has 0 aliphatic carbocycles. The summed E-state index contributed by atoms with van der Waals surface area (Å²) in [6, 6.07) is 10.5. The van der Waals surface area contributed by atoms with Crippen molar-refractivity contribution < 1.29 is 36.2 Å². The number of nitrogens with one attached hydrogen (secondary N) is 1.